The second kappa shape index (κ2) is 5.64. The lowest BCUT2D eigenvalue weighted by atomic mass is 10.3. The van der Waals surface area contributed by atoms with Gasteiger partial charge < -0.3 is 19.2 Å². The van der Waals surface area contributed by atoms with Gasteiger partial charge in [0, 0.05) is 13.1 Å². The Hall–Kier alpha value is -1.18. The summed E-state index contributed by atoms with van der Waals surface area (Å²) in [5.41, 5.74) is 0. The second-order valence-corrected chi connectivity index (χ2v) is 5.62. The molecule has 2 heterocycles. The molecule has 1 aromatic heterocycles. The normalized spacial score (nSPS) is 22.8. The van der Waals surface area contributed by atoms with E-state index < -0.39 is 16.8 Å². The van der Waals surface area contributed by atoms with E-state index in [1.807, 2.05) is 7.05 Å². The molecule has 1 aliphatic rings. The van der Waals surface area contributed by atoms with E-state index in [1.54, 1.807) is 0 Å². The quantitative estimate of drug-likeness (QED) is 0.856. The van der Waals surface area contributed by atoms with Gasteiger partial charge in [0.1, 0.15) is 0 Å². The number of ether oxygens (including phenoxy) is 1. The van der Waals surface area contributed by atoms with Crippen molar-refractivity contribution in [3.63, 3.8) is 0 Å². The monoisotopic (exact) mass is 273 g/mol. The Bertz CT molecular complexity index is 458. The molecule has 0 aliphatic carbocycles. The van der Waals surface area contributed by atoms with Gasteiger partial charge in [0.2, 0.25) is 5.76 Å². The fourth-order valence-electron chi connectivity index (χ4n) is 1.78. The van der Waals surface area contributed by atoms with Crippen molar-refractivity contribution in [1.82, 2.24) is 4.90 Å². The van der Waals surface area contributed by atoms with Crippen molar-refractivity contribution in [3.8, 4) is 0 Å². The fraction of sp³-hybridized carbons (Fsp3) is 0.545. The van der Waals surface area contributed by atoms with Gasteiger partial charge in [0.15, 0.2) is 5.09 Å². The molecular formula is C11H15NO5S. The zero-order valence-electron chi connectivity index (χ0n) is 10.00. The van der Waals surface area contributed by atoms with Gasteiger partial charge in [0.25, 0.3) is 0 Å². The molecule has 18 heavy (non-hydrogen) atoms. The summed E-state index contributed by atoms with van der Waals surface area (Å²) in [6, 6.07) is 2.75. The molecular weight excluding hydrogens is 258 g/mol. The summed E-state index contributed by atoms with van der Waals surface area (Å²) in [5, 5.41) is 8.90. The van der Waals surface area contributed by atoms with Gasteiger partial charge in [-0.2, -0.15) is 0 Å². The Morgan fingerprint density at radius 1 is 1.61 bits per heavy atom. The van der Waals surface area contributed by atoms with E-state index in [1.165, 1.54) is 12.1 Å². The topological polar surface area (TPSA) is 80.0 Å². The number of morpholine rings is 1. The number of carbonyl (C=O) groups is 1. The maximum atomic E-state index is 12.0. The molecule has 0 amide bonds. The fourth-order valence-corrected chi connectivity index (χ4v) is 2.88. The minimum Gasteiger partial charge on any atom is -0.475 e. The average Bonchev–Trinajstić information content (AvgIpc) is 2.78. The first-order valence-electron chi connectivity index (χ1n) is 5.58. The molecule has 2 unspecified atom stereocenters. The number of aromatic carboxylic acids is 1. The van der Waals surface area contributed by atoms with Crippen molar-refractivity contribution < 1.29 is 23.3 Å². The van der Waals surface area contributed by atoms with E-state index in [0.29, 0.717) is 12.4 Å². The molecule has 0 saturated carbocycles. The molecule has 2 atom stereocenters. The largest absolute Gasteiger partial charge is 0.475 e. The van der Waals surface area contributed by atoms with E-state index in [0.717, 1.165) is 13.1 Å². The van der Waals surface area contributed by atoms with Gasteiger partial charge in [-0.25, -0.2) is 4.79 Å². The Morgan fingerprint density at radius 3 is 3.00 bits per heavy atom. The molecule has 1 N–H and O–H groups in total. The summed E-state index contributed by atoms with van der Waals surface area (Å²) in [5.74, 6) is -1.04. The van der Waals surface area contributed by atoms with Crippen molar-refractivity contribution in [1.29, 1.82) is 0 Å². The number of likely N-dealkylation sites (N-methyl/N-ethyl adjacent to an activating group) is 1. The number of hydrogen-bond donors (Lipinski definition) is 1. The molecule has 0 radical (unpaired) electrons. The molecule has 1 fully saturated rings. The van der Waals surface area contributed by atoms with Crippen LogP contribution in [0.3, 0.4) is 0 Å². The molecule has 0 spiro atoms. The van der Waals surface area contributed by atoms with Crippen LogP contribution in [0.15, 0.2) is 21.6 Å². The standard InChI is InChI=1S/C11H15NO5S/c1-12-4-5-16-8(6-12)7-18(15)10-3-2-9(17-10)11(13)14/h2-3,8H,4-7H2,1H3,(H,13,14). The van der Waals surface area contributed by atoms with E-state index in [4.69, 9.17) is 14.3 Å². The number of furan rings is 1. The number of rotatable bonds is 4. The van der Waals surface area contributed by atoms with Crippen molar-refractivity contribution >= 4 is 16.8 Å². The molecule has 1 saturated heterocycles. The number of nitrogens with zero attached hydrogens (tertiary/aromatic N) is 1. The zero-order chi connectivity index (χ0) is 13.1. The summed E-state index contributed by atoms with van der Waals surface area (Å²) in [4.78, 5) is 12.8. The predicted octanol–water partition coefficient (Wildman–Crippen LogP) is 0.416. The lowest BCUT2D eigenvalue weighted by Gasteiger charge is -2.29. The van der Waals surface area contributed by atoms with Gasteiger partial charge in [0.05, 0.1) is 29.3 Å². The Morgan fingerprint density at radius 2 is 2.39 bits per heavy atom. The van der Waals surface area contributed by atoms with Gasteiger partial charge in [-0.3, -0.25) is 4.21 Å². The van der Waals surface area contributed by atoms with E-state index in [-0.39, 0.29) is 17.0 Å². The van der Waals surface area contributed by atoms with E-state index in [2.05, 4.69) is 4.90 Å². The van der Waals surface area contributed by atoms with Crippen LogP contribution < -0.4 is 0 Å². The highest BCUT2D eigenvalue weighted by molar-refractivity contribution is 7.84. The summed E-state index contributed by atoms with van der Waals surface area (Å²) in [7, 11) is 0.607. The first-order valence-corrected chi connectivity index (χ1v) is 6.90. The lowest BCUT2D eigenvalue weighted by Crippen LogP contribution is -2.42. The van der Waals surface area contributed by atoms with Crippen LogP contribution in [0.1, 0.15) is 10.6 Å². The third-order valence-corrected chi connectivity index (χ3v) is 4.04. The smallest absolute Gasteiger partial charge is 0.371 e. The molecule has 0 bridgehead atoms. The maximum absolute atomic E-state index is 12.0. The summed E-state index contributed by atoms with van der Waals surface area (Å²) < 4.78 is 22.5. The van der Waals surface area contributed by atoms with Crippen LogP contribution in [-0.4, -0.2) is 58.8 Å². The summed E-state index contributed by atoms with van der Waals surface area (Å²) in [6.45, 7) is 2.21. The highest BCUT2D eigenvalue weighted by Crippen LogP contribution is 2.15. The van der Waals surface area contributed by atoms with Crippen LogP contribution in [-0.2, 0) is 15.5 Å². The predicted molar refractivity (Wildman–Crippen MR) is 64.2 cm³/mol. The van der Waals surface area contributed by atoms with Crippen LogP contribution in [0.25, 0.3) is 0 Å². The van der Waals surface area contributed by atoms with E-state index in [9.17, 15) is 9.00 Å². The first kappa shape index (κ1) is 13.3. The molecule has 100 valence electrons. The van der Waals surface area contributed by atoms with Crippen LogP contribution in [0, 0.1) is 0 Å². The first-order chi connectivity index (χ1) is 8.56. The van der Waals surface area contributed by atoms with Crippen molar-refractivity contribution in [2.75, 3.05) is 32.5 Å². The molecule has 1 aliphatic heterocycles. The second-order valence-electron chi connectivity index (χ2n) is 4.19. The number of hydrogen-bond acceptors (Lipinski definition) is 5. The van der Waals surface area contributed by atoms with Crippen LogP contribution in [0.4, 0.5) is 0 Å². The van der Waals surface area contributed by atoms with Crippen LogP contribution in [0.5, 0.6) is 0 Å². The van der Waals surface area contributed by atoms with Crippen LogP contribution >= 0.6 is 0 Å². The number of carboxylic acid groups (broad SMARTS) is 1. The minimum absolute atomic E-state index is 0.108. The Labute approximate surface area is 107 Å². The van der Waals surface area contributed by atoms with Crippen molar-refractivity contribution in [2.45, 2.75) is 11.2 Å². The van der Waals surface area contributed by atoms with Crippen LogP contribution in [0.2, 0.25) is 0 Å². The zero-order valence-corrected chi connectivity index (χ0v) is 10.8. The minimum atomic E-state index is -1.37. The highest BCUT2D eigenvalue weighted by atomic mass is 32.2. The SMILES string of the molecule is CN1CCOC(CS(=O)c2ccc(C(=O)O)o2)C1. The molecule has 2 rings (SSSR count). The lowest BCUT2D eigenvalue weighted by molar-refractivity contribution is -0.00649. The van der Waals surface area contributed by atoms with Gasteiger partial charge in [-0.05, 0) is 19.2 Å². The highest BCUT2D eigenvalue weighted by Gasteiger charge is 2.22. The van der Waals surface area contributed by atoms with Gasteiger partial charge in [-0.1, -0.05) is 0 Å². The molecule has 1 aromatic rings. The summed E-state index contributed by atoms with van der Waals surface area (Å²) in [6.07, 6.45) is -0.108. The van der Waals surface area contributed by atoms with Crippen molar-refractivity contribution in [2.24, 2.45) is 0 Å². The van der Waals surface area contributed by atoms with Crippen molar-refractivity contribution in [3.05, 3.63) is 17.9 Å². The van der Waals surface area contributed by atoms with E-state index >= 15 is 0 Å². The summed E-state index contributed by atoms with van der Waals surface area (Å²) >= 11 is 0. The maximum Gasteiger partial charge on any atom is 0.371 e. The third kappa shape index (κ3) is 3.18. The molecule has 6 nitrogen and oxygen atoms in total. The Balaban J connectivity index is 1.96. The van der Waals surface area contributed by atoms with Gasteiger partial charge >= 0.3 is 5.97 Å². The Kier molecular flexibility index (Phi) is 4.15. The average molecular weight is 273 g/mol. The molecule has 7 heteroatoms. The number of carboxylic acids is 1. The third-order valence-electron chi connectivity index (χ3n) is 2.70. The van der Waals surface area contributed by atoms with Gasteiger partial charge in [-0.15, -0.1) is 0 Å². The molecule has 0 aromatic carbocycles.